The van der Waals surface area contributed by atoms with Gasteiger partial charge in [-0.25, -0.2) is 4.90 Å². The standard InChI is InChI=1S/C22H29N2/c1-15-9-17(3)21(18(4)10-15)13-23-7-8-24(14-23)22-19(5)11-16(2)12-20(22)6/h9-12,14H,7-8,13H2,1-6H3/q+1. The normalized spacial score (nSPS) is 14.2. The molecule has 2 nitrogen and oxygen atoms in total. The molecule has 0 fully saturated rings. The monoisotopic (exact) mass is 321 g/mol. The number of hydrogen-bond acceptors (Lipinski definition) is 1. The maximum Gasteiger partial charge on any atom is 0.239 e. The number of benzene rings is 2. The van der Waals surface area contributed by atoms with Gasteiger partial charge in [-0.15, -0.1) is 0 Å². The van der Waals surface area contributed by atoms with Gasteiger partial charge in [-0.05, 0) is 69.4 Å². The number of rotatable bonds is 3. The molecule has 0 radical (unpaired) electrons. The minimum absolute atomic E-state index is 0.998. The fourth-order valence-corrected chi connectivity index (χ4v) is 4.13. The highest BCUT2D eigenvalue weighted by Crippen LogP contribution is 2.27. The Balaban J connectivity index is 1.88. The van der Waals surface area contributed by atoms with E-state index in [-0.39, 0.29) is 0 Å². The van der Waals surface area contributed by atoms with Crippen LogP contribution in [0, 0.1) is 41.5 Å². The molecule has 0 aliphatic carbocycles. The third-order valence-corrected chi connectivity index (χ3v) is 5.05. The van der Waals surface area contributed by atoms with E-state index in [0.717, 1.165) is 19.6 Å². The average Bonchev–Trinajstić information content (AvgIpc) is 2.90. The first-order valence-electron chi connectivity index (χ1n) is 8.85. The maximum absolute atomic E-state index is 2.45. The number of aryl methyl sites for hydroxylation is 6. The van der Waals surface area contributed by atoms with Gasteiger partial charge in [0.15, 0.2) is 0 Å². The summed E-state index contributed by atoms with van der Waals surface area (Å²) in [6.07, 6.45) is 2.31. The van der Waals surface area contributed by atoms with Gasteiger partial charge in [0.1, 0.15) is 25.3 Å². The largest absolute Gasteiger partial charge is 0.260 e. The van der Waals surface area contributed by atoms with Crippen molar-refractivity contribution >= 4 is 12.0 Å². The molecular formula is C22H29N2+. The zero-order valence-electron chi connectivity index (χ0n) is 15.9. The molecule has 1 heterocycles. The molecule has 2 heteroatoms. The predicted octanol–water partition coefficient (Wildman–Crippen LogP) is 4.60. The number of hydrogen-bond donors (Lipinski definition) is 0. The van der Waals surface area contributed by atoms with Gasteiger partial charge in [0.25, 0.3) is 0 Å². The highest BCUT2D eigenvalue weighted by molar-refractivity contribution is 5.81. The zero-order valence-corrected chi connectivity index (χ0v) is 15.9. The van der Waals surface area contributed by atoms with Crippen molar-refractivity contribution in [2.24, 2.45) is 0 Å². The second-order valence-electron chi connectivity index (χ2n) is 7.40. The SMILES string of the molecule is Cc1cc(C)c(C[N+]2=CN(c3c(C)cc(C)cc3C)CC2)c(C)c1. The van der Waals surface area contributed by atoms with Crippen LogP contribution in [-0.4, -0.2) is 24.0 Å². The second kappa shape index (κ2) is 6.43. The third kappa shape index (κ3) is 3.24. The van der Waals surface area contributed by atoms with E-state index in [0.29, 0.717) is 0 Å². The van der Waals surface area contributed by atoms with Crippen LogP contribution in [-0.2, 0) is 6.54 Å². The molecule has 1 aliphatic heterocycles. The molecule has 0 bridgehead atoms. The molecule has 24 heavy (non-hydrogen) atoms. The van der Waals surface area contributed by atoms with Gasteiger partial charge in [-0.2, -0.15) is 0 Å². The molecule has 0 atom stereocenters. The van der Waals surface area contributed by atoms with Crippen LogP contribution in [0.1, 0.15) is 38.9 Å². The topological polar surface area (TPSA) is 6.25 Å². The molecule has 3 rings (SSSR count). The van der Waals surface area contributed by atoms with Crippen molar-refractivity contribution in [3.63, 3.8) is 0 Å². The highest BCUT2D eigenvalue weighted by Gasteiger charge is 2.25. The van der Waals surface area contributed by atoms with Gasteiger partial charge in [0.2, 0.25) is 6.34 Å². The van der Waals surface area contributed by atoms with Gasteiger partial charge >= 0.3 is 0 Å². The lowest BCUT2D eigenvalue weighted by Crippen LogP contribution is -2.20. The summed E-state index contributed by atoms with van der Waals surface area (Å²) < 4.78 is 2.45. The fraction of sp³-hybridized carbons (Fsp3) is 0.409. The summed E-state index contributed by atoms with van der Waals surface area (Å²) in [5.41, 5.74) is 11.1. The smallest absolute Gasteiger partial charge is 0.239 e. The van der Waals surface area contributed by atoms with Gasteiger partial charge in [-0.3, -0.25) is 4.58 Å². The van der Waals surface area contributed by atoms with Crippen molar-refractivity contribution < 1.29 is 4.58 Å². The Morgan fingerprint density at radius 1 is 0.792 bits per heavy atom. The molecule has 0 unspecified atom stereocenters. The van der Waals surface area contributed by atoms with Gasteiger partial charge < -0.3 is 0 Å². The van der Waals surface area contributed by atoms with Crippen LogP contribution in [0.4, 0.5) is 5.69 Å². The average molecular weight is 321 g/mol. The summed E-state index contributed by atoms with van der Waals surface area (Å²) in [6.45, 7) is 16.4. The van der Waals surface area contributed by atoms with Crippen LogP contribution in [0.15, 0.2) is 24.3 Å². The first kappa shape index (κ1) is 16.8. The molecule has 0 spiro atoms. The lowest BCUT2D eigenvalue weighted by atomic mass is 10.00. The summed E-state index contributed by atoms with van der Waals surface area (Å²) in [5, 5.41) is 0. The molecule has 0 saturated carbocycles. The molecule has 2 aromatic rings. The van der Waals surface area contributed by atoms with Crippen LogP contribution >= 0.6 is 0 Å². The Kier molecular flexibility index (Phi) is 4.49. The van der Waals surface area contributed by atoms with Crippen molar-refractivity contribution in [2.45, 2.75) is 48.1 Å². The summed E-state index contributed by atoms with van der Waals surface area (Å²) in [4.78, 5) is 2.42. The summed E-state index contributed by atoms with van der Waals surface area (Å²) in [6, 6.07) is 9.16. The Bertz CT molecular complexity index is 769. The quantitative estimate of drug-likeness (QED) is 0.749. The molecule has 0 N–H and O–H groups in total. The Labute approximate surface area is 146 Å². The number of nitrogens with zero attached hydrogens (tertiary/aromatic N) is 2. The minimum Gasteiger partial charge on any atom is -0.260 e. The van der Waals surface area contributed by atoms with Crippen LogP contribution in [0.2, 0.25) is 0 Å². The minimum atomic E-state index is 0.998. The molecule has 0 saturated heterocycles. The lowest BCUT2D eigenvalue weighted by Gasteiger charge is -2.13. The summed E-state index contributed by atoms with van der Waals surface area (Å²) >= 11 is 0. The molecule has 1 aliphatic rings. The van der Waals surface area contributed by atoms with Crippen molar-refractivity contribution in [3.05, 3.63) is 63.2 Å². The van der Waals surface area contributed by atoms with Gasteiger partial charge in [0, 0.05) is 0 Å². The van der Waals surface area contributed by atoms with Crippen molar-refractivity contribution in [2.75, 3.05) is 18.0 Å². The molecule has 2 aromatic carbocycles. The molecule has 0 amide bonds. The Morgan fingerprint density at radius 2 is 1.29 bits per heavy atom. The van der Waals surface area contributed by atoms with E-state index in [1.54, 1.807) is 0 Å². The molecule has 0 aromatic heterocycles. The van der Waals surface area contributed by atoms with Crippen LogP contribution in [0.25, 0.3) is 0 Å². The first-order chi connectivity index (χ1) is 11.3. The molecule has 126 valence electrons. The van der Waals surface area contributed by atoms with Crippen LogP contribution in [0.3, 0.4) is 0 Å². The predicted molar refractivity (Wildman–Crippen MR) is 104 cm³/mol. The van der Waals surface area contributed by atoms with E-state index in [4.69, 9.17) is 0 Å². The van der Waals surface area contributed by atoms with Crippen LogP contribution in [0.5, 0.6) is 0 Å². The highest BCUT2D eigenvalue weighted by atomic mass is 15.3. The Morgan fingerprint density at radius 3 is 1.83 bits per heavy atom. The third-order valence-electron chi connectivity index (χ3n) is 5.05. The molecular weight excluding hydrogens is 292 g/mol. The van der Waals surface area contributed by atoms with Gasteiger partial charge in [0.05, 0.1) is 0 Å². The van der Waals surface area contributed by atoms with Gasteiger partial charge in [-0.1, -0.05) is 35.4 Å². The van der Waals surface area contributed by atoms with Crippen molar-refractivity contribution in [3.8, 4) is 0 Å². The van der Waals surface area contributed by atoms with E-state index in [1.165, 1.54) is 44.6 Å². The van der Waals surface area contributed by atoms with E-state index < -0.39 is 0 Å². The zero-order chi connectivity index (χ0) is 17.4. The maximum atomic E-state index is 2.45. The summed E-state index contributed by atoms with van der Waals surface area (Å²) in [7, 11) is 0. The van der Waals surface area contributed by atoms with E-state index in [1.807, 2.05) is 0 Å². The second-order valence-corrected chi connectivity index (χ2v) is 7.40. The van der Waals surface area contributed by atoms with E-state index in [9.17, 15) is 0 Å². The van der Waals surface area contributed by atoms with Crippen molar-refractivity contribution in [1.82, 2.24) is 0 Å². The van der Waals surface area contributed by atoms with E-state index >= 15 is 0 Å². The summed E-state index contributed by atoms with van der Waals surface area (Å²) in [5.74, 6) is 0. The number of anilines is 1. The van der Waals surface area contributed by atoms with Crippen molar-refractivity contribution in [1.29, 1.82) is 0 Å². The lowest BCUT2D eigenvalue weighted by molar-refractivity contribution is -0.530. The first-order valence-corrected chi connectivity index (χ1v) is 8.85. The fourth-order valence-electron chi connectivity index (χ4n) is 4.13. The van der Waals surface area contributed by atoms with E-state index in [2.05, 4.69) is 81.6 Å². The van der Waals surface area contributed by atoms with Crippen LogP contribution < -0.4 is 4.90 Å². The Hall–Kier alpha value is -2.09.